The van der Waals surface area contributed by atoms with Crippen LogP contribution in [0.4, 0.5) is 0 Å². The summed E-state index contributed by atoms with van der Waals surface area (Å²) in [6.07, 6.45) is 5.50. The molecule has 1 aliphatic heterocycles. The number of hydrogen-bond acceptors (Lipinski definition) is 4. The number of ether oxygens (including phenoxy) is 2. The predicted molar refractivity (Wildman–Crippen MR) is 79.9 cm³/mol. The van der Waals surface area contributed by atoms with E-state index in [1.165, 1.54) is 12.8 Å². The molecule has 1 saturated heterocycles. The summed E-state index contributed by atoms with van der Waals surface area (Å²) < 4.78 is 11.3. The maximum atomic E-state index is 5.71. The van der Waals surface area contributed by atoms with Gasteiger partial charge >= 0.3 is 0 Å². The summed E-state index contributed by atoms with van der Waals surface area (Å²) in [6, 6.07) is 4.00. The first-order valence-corrected chi connectivity index (χ1v) is 7.47. The van der Waals surface area contributed by atoms with Gasteiger partial charge in [-0.05, 0) is 45.7 Å². The Morgan fingerprint density at radius 3 is 2.85 bits per heavy atom. The van der Waals surface area contributed by atoms with Crippen molar-refractivity contribution in [2.45, 2.75) is 58.2 Å². The number of rotatable bonds is 6. The van der Waals surface area contributed by atoms with Crippen LogP contribution in [0.3, 0.4) is 0 Å². The minimum absolute atomic E-state index is 0.109. The van der Waals surface area contributed by atoms with Gasteiger partial charge in [-0.3, -0.25) is 4.98 Å². The monoisotopic (exact) mass is 278 g/mol. The molecule has 1 aromatic heterocycles. The molecule has 20 heavy (non-hydrogen) atoms. The normalized spacial score (nSPS) is 19.2. The SMILES string of the molecule is CC(C)(C)NCc1ccc(OCCC2CCCO2)cn1. The molecule has 1 unspecified atom stereocenters. The fourth-order valence-corrected chi connectivity index (χ4v) is 2.14. The Morgan fingerprint density at radius 2 is 2.25 bits per heavy atom. The van der Waals surface area contributed by atoms with Crippen molar-refractivity contribution in [3.63, 3.8) is 0 Å². The van der Waals surface area contributed by atoms with Gasteiger partial charge in [-0.2, -0.15) is 0 Å². The molecule has 0 amide bonds. The highest BCUT2D eigenvalue weighted by Gasteiger charge is 2.15. The van der Waals surface area contributed by atoms with E-state index in [9.17, 15) is 0 Å². The van der Waals surface area contributed by atoms with Crippen LogP contribution in [0, 0.1) is 0 Å². The lowest BCUT2D eigenvalue weighted by Gasteiger charge is -2.20. The molecule has 2 heterocycles. The molecular weight excluding hydrogens is 252 g/mol. The highest BCUT2D eigenvalue weighted by Crippen LogP contribution is 2.16. The molecule has 1 aromatic rings. The summed E-state index contributed by atoms with van der Waals surface area (Å²) in [5.74, 6) is 0.836. The lowest BCUT2D eigenvalue weighted by Crippen LogP contribution is -2.35. The molecule has 0 aromatic carbocycles. The van der Waals surface area contributed by atoms with Crippen molar-refractivity contribution in [2.75, 3.05) is 13.2 Å². The number of pyridine rings is 1. The highest BCUT2D eigenvalue weighted by molar-refractivity contribution is 5.19. The van der Waals surface area contributed by atoms with Gasteiger partial charge in [0.05, 0.1) is 24.6 Å². The second-order valence-corrected chi connectivity index (χ2v) is 6.36. The van der Waals surface area contributed by atoms with Gasteiger partial charge in [0.1, 0.15) is 5.75 Å². The molecule has 0 radical (unpaired) electrons. The van der Waals surface area contributed by atoms with Crippen LogP contribution in [0.1, 0.15) is 45.7 Å². The van der Waals surface area contributed by atoms with Gasteiger partial charge < -0.3 is 14.8 Å². The highest BCUT2D eigenvalue weighted by atomic mass is 16.5. The average molecular weight is 278 g/mol. The molecule has 1 aliphatic rings. The molecule has 4 nitrogen and oxygen atoms in total. The molecule has 0 spiro atoms. The van der Waals surface area contributed by atoms with E-state index in [1.807, 2.05) is 12.1 Å². The number of nitrogens with zero attached hydrogens (tertiary/aromatic N) is 1. The first-order chi connectivity index (χ1) is 9.53. The van der Waals surface area contributed by atoms with Gasteiger partial charge in [-0.1, -0.05) is 0 Å². The Hall–Kier alpha value is -1.13. The van der Waals surface area contributed by atoms with Gasteiger partial charge in [0, 0.05) is 25.1 Å². The third kappa shape index (κ3) is 5.47. The van der Waals surface area contributed by atoms with Crippen LogP contribution in [0.2, 0.25) is 0 Å². The molecule has 112 valence electrons. The van der Waals surface area contributed by atoms with Crippen LogP contribution in [0.5, 0.6) is 5.75 Å². The van der Waals surface area contributed by atoms with Crippen molar-refractivity contribution >= 4 is 0 Å². The maximum Gasteiger partial charge on any atom is 0.137 e. The van der Waals surface area contributed by atoms with Crippen LogP contribution >= 0.6 is 0 Å². The summed E-state index contributed by atoms with van der Waals surface area (Å²) in [5, 5.41) is 3.42. The Labute approximate surface area is 121 Å². The zero-order valence-electron chi connectivity index (χ0n) is 12.8. The first-order valence-electron chi connectivity index (χ1n) is 7.47. The van der Waals surface area contributed by atoms with E-state index in [0.29, 0.717) is 12.7 Å². The molecule has 4 heteroatoms. The van der Waals surface area contributed by atoms with Crippen molar-refractivity contribution < 1.29 is 9.47 Å². The number of nitrogens with one attached hydrogen (secondary N) is 1. The van der Waals surface area contributed by atoms with Crippen molar-refractivity contribution in [3.05, 3.63) is 24.0 Å². The molecular formula is C16H26N2O2. The van der Waals surface area contributed by atoms with Crippen molar-refractivity contribution in [2.24, 2.45) is 0 Å². The molecule has 1 N–H and O–H groups in total. The smallest absolute Gasteiger partial charge is 0.137 e. The van der Waals surface area contributed by atoms with Gasteiger partial charge in [0.2, 0.25) is 0 Å². The van der Waals surface area contributed by atoms with Crippen molar-refractivity contribution in [3.8, 4) is 5.75 Å². The zero-order chi connectivity index (χ0) is 14.4. The van der Waals surface area contributed by atoms with E-state index in [2.05, 4.69) is 31.1 Å². The Kier molecular flexibility index (Phi) is 5.38. The minimum atomic E-state index is 0.109. The van der Waals surface area contributed by atoms with E-state index >= 15 is 0 Å². The van der Waals surface area contributed by atoms with E-state index in [1.54, 1.807) is 6.20 Å². The van der Waals surface area contributed by atoms with Gasteiger partial charge in [-0.15, -0.1) is 0 Å². The predicted octanol–water partition coefficient (Wildman–Crippen LogP) is 2.92. The Morgan fingerprint density at radius 1 is 1.40 bits per heavy atom. The molecule has 0 bridgehead atoms. The van der Waals surface area contributed by atoms with E-state index < -0.39 is 0 Å². The average Bonchev–Trinajstić information content (AvgIpc) is 2.90. The molecule has 0 aliphatic carbocycles. The largest absolute Gasteiger partial charge is 0.492 e. The molecule has 2 rings (SSSR count). The second kappa shape index (κ2) is 7.04. The standard InChI is InChI=1S/C16H26N2O2/c1-16(2,3)18-11-13-6-7-15(12-17-13)20-10-8-14-5-4-9-19-14/h6-7,12,14,18H,4-5,8-11H2,1-3H3. The van der Waals surface area contributed by atoms with Gasteiger partial charge in [0.25, 0.3) is 0 Å². The Balaban J connectivity index is 1.70. The van der Waals surface area contributed by atoms with Crippen molar-refractivity contribution in [1.82, 2.24) is 10.3 Å². The van der Waals surface area contributed by atoms with Crippen LogP contribution in [0.15, 0.2) is 18.3 Å². The van der Waals surface area contributed by atoms with E-state index in [4.69, 9.17) is 9.47 Å². The summed E-state index contributed by atoms with van der Waals surface area (Å²) >= 11 is 0. The van der Waals surface area contributed by atoms with Crippen LogP contribution < -0.4 is 10.1 Å². The number of aromatic nitrogens is 1. The summed E-state index contributed by atoms with van der Waals surface area (Å²) in [6.45, 7) is 8.83. The Bertz CT molecular complexity index is 392. The summed E-state index contributed by atoms with van der Waals surface area (Å²) in [7, 11) is 0. The molecule has 0 saturated carbocycles. The fourth-order valence-electron chi connectivity index (χ4n) is 2.14. The minimum Gasteiger partial charge on any atom is -0.492 e. The maximum absolute atomic E-state index is 5.71. The molecule has 1 atom stereocenters. The quantitative estimate of drug-likeness (QED) is 0.869. The third-order valence-corrected chi connectivity index (χ3v) is 3.33. The first kappa shape index (κ1) is 15.3. The van der Waals surface area contributed by atoms with Crippen molar-refractivity contribution in [1.29, 1.82) is 0 Å². The van der Waals surface area contributed by atoms with Crippen LogP contribution in [0.25, 0.3) is 0 Å². The number of hydrogen-bond donors (Lipinski definition) is 1. The van der Waals surface area contributed by atoms with Gasteiger partial charge in [0.15, 0.2) is 0 Å². The lowest BCUT2D eigenvalue weighted by molar-refractivity contribution is 0.0903. The van der Waals surface area contributed by atoms with E-state index in [0.717, 1.165) is 31.0 Å². The summed E-state index contributed by atoms with van der Waals surface area (Å²) in [4.78, 5) is 4.41. The van der Waals surface area contributed by atoms with E-state index in [-0.39, 0.29) is 5.54 Å². The zero-order valence-corrected chi connectivity index (χ0v) is 12.8. The topological polar surface area (TPSA) is 43.4 Å². The fraction of sp³-hybridized carbons (Fsp3) is 0.688. The van der Waals surface area contributed by atoms with Gasteiger partial charge in [-0.25, -0.2) is 0 Å². The summed E-state index contributed by atoms with van der Waals surface area (Å²) in [5.41, 5.74) is 1.14. The van der Waals surface area contributed by atoms with Crippen LogP contribution in [-0.2, 0) is 11.3 Å². The lowest BCUT2D eigenvalue weighted by atomic mass is 10.1. The third-order valence-electron chi connectivity index (χ3n) is 3.33. The molecule has 1 fully saturated rings. The second-order valence-electron chi connectivity index (χ2n) is 6.36. The van der Waals surface area contributed by atoms with Crippen LogP contribution in [-0.4, -0.2) is 29.8 Å².